The van der Waals surface area contributed by atoms with Crippen molar-refractivity contribution < 1.29 is 20.1 Å². The second-order valence-electron chi connectivity index (χ2n) is 4.96. The first-order valence-corrected chi connectivity index (χ1v) is 6.48. The Morgan fingerprint density at radius 1 is 1.19 bits per heavy atom. The summed E-state index contributed by atoms with van der Waals surface area (Å²) in [4.78, 5) is 8.51. The molecule has 21 heavy (non-hydrogen) atoms. The van der Waals surface area contributed by atoms with Gasteiger partial charge in [-0.15, -0.1) is 0 Å². The lowest BCUT2D eigenvalue weighted by atomic mass is 10.1. The largest absolute Gasteiger partial charge is 0.394 e. The number of nitrogens with zero attached hydrogens (tertiary/aromatic N) is 5. The van der Waals surface area contributed by atoms with E-state index in [0.717, 1.165) is 0 Å². The molecule has 0 saturated carbocycles. The number of aliphatic hydroxyl groups is 3. The van der Waals surface area contributed by atoms with Gasteiger partial charge in [-0.2, -0.15) is 5.10 Å². The molecule has 3 N–H and O–H groups in total. The number of ether oxygens (including phenoxy) is 1. The van der Waals surface area contributed by atoms with Crippen molar-refractivity contribution in [1.29, 1.82) is 0 Å². The molecule has 3 aromatic heterocycles. The summed E-state index contributed by atoms with van der Waals surface area (Å²) < 4.78 is 8.62. The lowest BCUT2D eigenvalue weighted by Crippen LogP contribution is -2.33. The van der Waals surface area contributed by atoms with Crippen molar-refractivity contribution in [2.75, 3.05) is 6.61 Å². The maximum atomic E-state index is 10.1. The summed E-state index contributed by atoms with van der Waals surface area (Å²) in [7, 11) is 0. The maximum Gasteiger partial charge on any atom is 0.181 e. The summed E-state index contributed by atoms with van der Waals surface area (Å²) in [6.07, 6.45) is 2.48. The van der Waals surface area contributed by atoms with E-state index < -0.39 is 24.5 Å². The normalized spacial score (nSPS) is 29.7. The molecule has 9 heteroatoms. The van der Waals surface area contributed by atoms with Gasteiger partial charge in [0.2, 0.25) is 0 Å². The van der Waals surface area contributed by atoms with Crippen LogP contribution in [0.3, 0.4) is 0 Å². The fraction of sp³-hybridized carbons (Fsp3) is 0.417. The standard InChI is InChI=1S/C12H13N5O4/c18-4-7-8(19)9(20)12(21-7)17-11-6(3-15-17)10-13-1-2-16(10)5-14-11/h1-3,5,7-9,12,18-20H,4H2. The monoisotopic (exact) mass is 291 g/mol. The Morgan fingerprint density at radius 3 is 2.81 bits per heavy atom. The van der Waals surface area contributed by atoms with Crippen molar-refractivity contribution in [1.82, 2.24) is 24.1 Å². The molecule has 1 fully saturated rings. The van der Waals surface area contributed by atoms with E-state index in [2.05, 4.69) is 15.1 Å². The van der Waals surface area contributed by atoms with Crippen LogP contribution in [-0.4, -0.2) is 64.4 Å². The minimum atomic E-state index is -1.19. The highest BCUT2D eigenvalue weighted by Gasteiger charge is 2.44. The smallest absolute Gasteiger partial charge is 0.181 e. The second kappa shape index (κ2) is 4.46. The zero-order valence-corrected chi connectivity index (χ0v) is 10.8. The maximum absolute atomic E-state index is 10.1. The lowest BCUT2D eigenvalue weighted by molar-refractivity contribution is -0.0566. The highest BCUT2D eigenvalue weighted by atomic mass is 16.6. The summed E-state index contributed by atoms with van der Waals surface area (Å²) >= 11 is 0. The molecular formula is C12H13N5O4. The van der Waals surface area contributed by atoms with Crippen LogP contribution in [0, 0.1) is 0 Å². The van der Waals surface area contributed by atoms with Crippen LogP contribution >= 0.6 is 0 Å². The summed E-state index contributed by atoms with van der Waals surface area (Å²) in [6.45, 7) is -0.383. The van der Waals surface area contributed by atoms with Crippen LogP contribution in [0.4, 0.5) is 0 Å². The number of hydrogen-bond donors (Lipinski definition) is 3. The fourth-order valence-corrected chi connectivity index (χ4v) is 2.64. The molecule has 0 radical (unpaired) electrons. The molecule has 0 spiro atoms. The van der Waals surface area contributed by atoms with Crippen molar-refractivity contribution in [2.45, 2.75) is 24.5 Å². The van der Waals surface area contributed by atoms with E-state index in [-0.39, 0.29) is 6.61 Å². The lowest BCUT2D eigenvalue weighted by Gasteiger charge is -2.15. The van der Waals surface area contributed by atoms with Gasteiger partial charge in [-0.05, 0) is 0 Å². The van der Waals surface area contributed by atoms with Gasteiger partial charge in [0.25, 0.3) is 0 Å². The van der Waals surface area contributed by atoms with Crippen molar-refractivity contribution in [2.24, 2.45) is 0 Å². The van der Waals surface area contributed by atoms with E-state index in [4.69, 9.17) is 9.84 Å². The third-order valence-corrected chi connectivity index (χ3v) is 3.74. The molecule has 1 saturated heterocycles. The molecule has 1 aliphatic heterocycles. The first-order valence-electron chi connectivity index (χ1n) is 6.48. The van der Waals surface area contributed by atoms with Crippen LogP contribution in [0.2, 0.25) is 0 Å². The van der Waals surface area contributed by atoms with Crippen LogP contribution in [-0.2, 0) is 4.74 Å². The van der Waals surface area contributed by atoms with Crippen molar-refractivity contribution in [3.63, 3.8) is 0 Å². The minimum absolute atomic E-state index is 0.383. The summed E-state index contributed by atoms with van der Waals surface area (Å²) in [6, 6.07) is 0. The van der Waals surface area contributed by atoms with Gasteiger partial charge in [0.05, 0.1) is 18.2 Å². The number of imidazole rings is 1. The Kier molecular flexibility index (Phi) is 2.69. The van der Waals surface area contributed by atoms with Crippen LogP contribution in [0.1, 0.15) is 6.23 Å². The molecule has 0 amide bonds. The predicted octanol–water partition coefficient (Wildman–Crippen LogP) is -1.31. The van der Waals surface area contributed by atoms with E-state index in [0.29, 0.717) is 16.7 Å². The predicted molar refractivity (Wildman–Crippen MR) is 69.3 cm³/mol. The molecule has 0 bridgehead atoms. The zero-order chi connectivity index (χ0) is 14.6. The topological polar surface area (TPSA) is 118 Å². The highest BCUT2D eigenvalue weighted by Crippen LogP contribution is 2.31. The Morgan fingerprint density at radius 2 is 2.05 bits per heavy atom. The SMILES string of the molecule is OCC1OC(n2ncc3c2ncn2ccnc32)C(O)C1O. The average Bonchev–Trinajstić information content (AvgIpc) is 3.17. The van der Waals surface area contributed by atoms with E-state index in [1.807, 2.05) is 0 Å². The van der Waals surface area contributed by atoms with Crippen molar-refractivity contribution >= 4 is 16.7 Å². The molecule has 4 heterocycles. The molecule has 0 aromatic carbocycles. The average molecular weight is 291 g/mol. The Labute approximate surface area is 118 Å². The molecule has 4 rings (SSSR count). The van der Waals surface area contributed by atoms with Gasteiger partial charge in [-0.1, -0.05) is 0 Å². The van der Waals surface area contributed by atoms with Crippen LogP contribution in [0.15, 0.2) is 24.9 Å². The highest BCUT2D eigenvalue weighted by molar-refractivity contribution is 5.88. The molecule has 4 unspecified atom stereocenters. The number of hydrogen-bond acceptors (Lipinski definition) is 7. The molecule has 0 aliphatic carbocycles. The quantitative estimate of drug-likeness (QED) is 0.536. The molecular weight excluding hydrogens is 278 g/mol. The molecule has 9 nitrogen and oxygen atoms in total. The van der Waals surface area contributed by atoms with Crippen molar-refractivity contribution in [3.8, 4) is 0 Å². The molecule has 110 valence electrons. The third-order valence-electron chi connectivity index (χ3n) is 3.74. The van der Waals surface area contributed by atoms with Gasteiger partial charge in [-0.25, -0.2) is 14.6 Å². The molecule has 1 aliphatic rings. The number of aliphatic hydroxyl groups excluding tert-OH is 3. The second-order valence-corrected chi connectivity index (χ2v) is 4.96. The summed E-state index contributed by atoms with van der Waals surface area (Å²) in [5, 5.41) is 33.9. The van der Waals surface area contributed by atoms with E-state index in [1.165, 1.54) is 4.68 Å². The Bertz CT molecular complexity index is 799. The van der Waals surface area contributed by atoms with Gasteiger partial charge >= 0.3 is 0 Å². The van der Waals surface area contributed by atoms with Crippen molar-refractivity contribution in [3.05, 3.63) is 24.9 Å². The van der Waals surface area contributed by atoms with E-state index in [9.17, 15) is 10.2 Å². The fourth-order valence-electron chi connectivity index (χ4n) is 2.64. The summed E-state index contributed by atoms with van der Waals surface area (Å²) in [5.74, 6) is 0. The van der Waals surface area contributed by atoms with Crippen LogP contribution < -0.4 is 0 Å². The summed E-state index contributed by atoms with van der Waals surface area (Å²) in [5.41, 5.74) is 1.18. The number of rotatable bonds is 2. The number of fused-ring (bicyclic) bond motifs is 3. The first kappa shape index (κ1) is 12.7. The molecule has 4 atom stereocenters. The van der Waals surface area contributed by atoms with Gasteiger partial charge < -0.3 is 20.1 Å². The first-order chi connectivity index (χ1) is 10.2. The zero-order valence-electron chi connectivity index (χ0n) is 10.8. The Hall–Kier alpha value is -2.07. The van der Waals surface area contributed by atoms with Gasteiger partial charge in [0.1, 0.15) is 24.6 Å². The van der Waals surface area contributed by atoms with Crippen LogP contribution in [0.25, 0.3) is 16.7 Å². The number of aromatic nitrogens is 5. The van der Waals surface area contributed by atoms with E-state index >= 15 is 0 Å². The van der Waals surface area contributed by atoms with Gasteiger partial charge in [0.15, 0.2) is 17.5 Å². The van der Waals surface area contributed by atoms with E-state index in [1.54, 1.807) is 29.3 Å². The van der Waals surface area contributed by atoms with Gasteiger partial charge in [0, 0.05) is 12.4 Å². The minimum Gasteiger partial charge on any atom is -0.394 e. The third kappa shape index (κ3) is 1.69. The van der Waals surface area contributed by atoms with Gasteiger partial charge in [-0.3, -0.25) is 4.40 Å². The van der Waals surface area contributed by atoms with Crippen LogP contribution in [0.5, 0.6) is 0 Å². The Balaban J connectivity index is 1.84. The molecule has 3 aromatic rings.